The number of hydrogen-bond donors (Lipinski definition) is 2. The molecule has 7 heteroatoms. The van der Waals surface area contributed by atoms with Gasteiger partial charge in [-0.1, -0.05) is 0 Å². The molecular formula is C12H13N3O4. The topological polar surface area (TPSA) is 97.2 Å². The number of carbonyl (C=O) groups excluding carboxylic acids is 2. The number of hydrogen-bond acceptors (Lipinski definition) is 5. The summed E-state index contributed by atoms with van der Waals surface area (Å²) in [5.74, 6) is -0.262. The summed E-state index contributed by atoms with van der Waals surface area (Å²) in [6, 6.07) is 3.09. The average Bonchev–Trinajstić information content (AvgIpc) is 3.04. The van der Waals surface area contributed by atoms with Crippen molar-refractivity contribution in [3.63, 3.8) is 0 Å². The Hall–Kier alpha value is -2.57. The third-order valence-corrected chi connectivity index (χ3v) is 2.44. The third kappa shape index (κ3) is 3.21. The van der Waals surface area contributed by atoms with Crippen LogP contribution >= 0.6 is 0 Å². The molecule has 100 valence electrons. The Morgan fingerprint density at radius 2 is 2.32 bits per heavy atom. The number of aryl methyl sites for hydroxylation is 1. The summed E-state index contributed by atoms with van der Waals surface area (Å²) >= 11 is 0. The maximum Gasteiger partial charge on any atom is 0.341 e. The molecule has 2 N–H and O–H groups in total. The first kappa shape index (κ1) is 12.9. The van der Waals surface area contributed by atoms with Gasteiger partial charge in [-0.05, 0) is 19.1 Å². The Kier molecular flexibility index (Phi) is 3.97. The molecule has 19 heavy (non-hydrogen) atoms. The van der Waals surface area contributed by atoms with Gasteiger partial charge in [-0.15, -0.1) is 0 Å². The molecule has 0 spiro atoms. The normalized spacial score (nSPS) is 10.2. The van der Waals surface area contributed by atoms with E-state index in [1.807, 2.05) is 0 Å². The lowest BCUT2D eigenvalue weighted by molar-refractivity contribution is 0.0501. The van der Waals surface area contributed by atoms with Gasteiger partial charge >= 0.3 is 5.97 Å². The molecule has 0 bridgehead atoms. The molecule has 0 aliphatic carbocycles. The number of aromatic amines is 1. The van der Waals surface area contributed by atoms with Crippen molar-refractivity contribution in [2.45, 2.75) is 6.92 Å². The van der Waals surface area contributed by atoms with E-state index in [1.165, 1.54) is 12.5 Å². The van der Waals surface area contributed by atoms with Crippen LogP contribution in [0.5, 0.6) is 0 Å². The molecule has 0 saturated carbocycles. The van der Waals surface area contributed by atoms with Crippen molar-refractivity contribution in [1.29, 1.82) is 0 Å². The standard InChI is InChI=1S/C12H13N3O4/c1-8-9(3-6-18-8)12(17)19-7-5-13-11(16)10-2-4-14-15-10/h2-4,6H,5,7H2,1H3,(H,13,16)(H,14,15). The van der Waals surface area contributed by atoms with E-state index in [1.54, 1.807) is 19.1 Å². The van der Waals surface area contributed by atoms with Crippen molar-refractivity contribution in [3.8, 4) is 0 Å². The number of furan rings is 1. The Labute approximate surface area is 108 Å². The van der Waals surface area contributed by atoms with Gasteiger partial charge in [-0.2, -0.15) is 5.10 Å². The zero-order chi connectivity index (χ0) is 13.7. The summed E-state index contributed by atoms with van der Waals surface area (Å²) in [4.78, 5) is 23.1. The lowest BCUT2D eigenvalue weighted by atomic mass is 10.3. The van der Waals surface area contributed by atoms with Crippen LogP contribution in [0.2, 0.25) is 0 Å². The van der Waals surface area contributed by atoms with Crippen molar-refractivity contribution < 1.29 is 18.7 Å². The van der Waals surface area contributed by atoms with Crippen molar-refractivity contribution in [2.24, 2.45) is 0 Å². The van der Waals surface area contributed by atoms with Crippen molar-refractivity contribution in [1.82, 2.24) is 15.5 Å². The highest BCUT2D eigenvalue weighted by molar-refractivity contribution is 5.92. The van der Waals surface area contributed by atoms with E-state index in [9.17, 15) is 9.59 Å². The zero-order valence-corrected chi connectivity index (χ0v) is 10.3. The van der Waals surface area contributed by atoms with Crippen LogP contribution in [0.25, 0.3) is 0 Å². The highest BCUT2D eigenvalue weighted by atomic mass is 16.5. The fourth-order valence-electron chi connectivity index (χ4n) is 1.46. The van der Waals surface area contributed by atoms with Gasteiger partial charge in [0.15, 0.2) is 0 Å². The van der Waals surface area contributed by atoms with Crippen LogP contribution in [0.3, 0.4) is 0 Å². The monoisotopic (exact) mass is 263 g/mol. The second-order valence-electron chi connectivity index (χ2n) is 3.75. The molecule has 0 aliphatic rings. The van der Waals surface area contributed by atoms with Crippen LogP contribution in [-0.4, -0.2) is 35.2 Å². The van der Waals surface area contributed by atoms with Gasteiger partial charge in [0.1, 0.15) is 23.6 Å². The minimum atomic E-state index is -0.470. The van der Waals surface area contributed by atoms with Gasteiger partial charge in [0.25, 0.3) is 5.91 Å². The molecule has 0 radical (unpaired) electrons. The summed E-state index contributed by atoms with van der Waals surface area (Å²) in [5.41, 5.74) is 0.747. The highest BCUT2D eigenvalue weighted by Crippen LogP contribution is 2.09. The Balaban J connectivity index is 1.71. The molecule has 2 rings (SSSR count). The maximum absolute atomic E-state index is 11.6. The quantitative estimate of drug-likeness (QED) is 0.617. The number of H-pyrrole nitrogens is 1. The number of rotatable bonds is 5. The van der Waals surface area contributed by atoms with E-state index in [4.69, 9.17) is 9.15 Å². The van der Waals surface area contributed by atoms with Crippen molar-refractivity contribution in [2.75, 3.05) is 13.2 Å². The Morgan fingerprint density at radius 3 is 2.95 bits per heavy atom. The fourth-order valence-corrected chi connectivity index (χ4v) is 1.46. The number of nitrogens with one attached hydrogen (secondary N) is 2. The van der Waals surface area contributed by atoms with E-state index >= 15 is 0 Å². The van der Waals surface area contributed by atoms with Crippen LogP contribution < -0.4 is 5.32 Å². The second-order valence-corrected chi connectivity index (χ2v) is 3.75. The summed E-state index contributed by atoms with van der Waals surface area (Å²) in [7, 11) is 0. The number of amides is 1. The lowest BCUT2D eigenvalue weighted by Crippen LogP contribution is -2.28. The number of carbonyl (C=O) groups is 2. The van der Waals surface area contributed by atoms with Crippen LogP contribution in [0, 0.1) is 6.92 Å². The predicted octanol–water partition coefficient (Wildman–Crippen LogP) is 0.898. The minimum absolute atomic E-state index is 0.0866. The van der Waals surface area contributed by atoms with Gasteiger partial charge in [-0.25, -0.2) is 4.79 Å². The molecule has 0 saturated heterocycles. The second kappa shape index (κ2) is 5.85. The van der Waals surface area contributed by atoms with Gasteiger partial charge in [-0.3, -0.25) is 9.89 Å². The van der Waals surface area contributed by atoms with E-state index in [2.05, 4.69) is 15.5 Å². The molecule has 2 aromatic heterocycles. The first-order chi connectivity index (χ1) is 9.18. The first-order valence-electron chi connectivity index (χ1n) is 5.67. The third-order valence-electron chi connectivity index (χ3n) is 2.44. The molecule has 0 unspecified atom stereocenters. The molecule has 0 atom stereocenters. The average molecular weight is 263 g/mol. The van der Waals surface area contributed by atoms with E-state index in [-0.39, 0.29) is 19.1 Å². The van der Waals surface area contributed by atoms with Crippen LogP contribution in [0.15, 0.2) is 29.0 Å². The fraction of sp³-hybridized carbons (Fsp3) is 0.250. The molecule has 2 aromatic rings. The van der Waals surface area contributed by atoms with Gasteiger partial charge in [0.2, 0.25) is 0 Å². The molecular weight excluding hydrogens is 250 g/mol. The lowest BCUT2D eigenvalue weighted by Gasteiger charge is -2.05. The number of ether oxygens (including phenoxy) is 1. The number of aromatic nitrogens is 2. The summed E-state index contributed by atoms with van der Waals surface area (Å²) in [5, 5.41) is 8.79. The van der Waals surface area contributed by atoms with Crippen LogP contribution in [-0.2, 0) is 4.74 Å². The van der Waals surface area contributed by atoms with E-state index in [0.29, 0.717) is 17.0 Å². The van der Waals surface area contributed by atoms with E-state index < -0.39 is 5.97 Å². The maximum atomic E-state index is 11.6. The predicted molar refractivity (Wildman–Crippen MR) is 64.6 cm³/mol. The molecule has 0 fully saturated rings. The Bertz CT molecular complexity index is 559. The summed E-state index contributed by atoms with van der Waals surface area (Å²) in [6.45, 7) is 1.99. The first-order valence-corrected chi connectivity index (χ1v) is 5.67. The van der Waals surface area contributed by atoms with Gasteiger partial charge in [0, 0.05) is 6.20 Å². The van der Waals surface area contributed by atoms with E-state index in [0.717, 1.165) is 0 Å². The Morgan fingerprint density at radius 1 is 1.47 bits per heavy atom. The zero-order valence-electron chi connectivity index (χ0n) is 10.3. The number of nitrogens with zero attached hydrogens (tertiary/aromatic N) is 1. The SMILES string of the molecule is Cc1occc1C(=O)OCCNC(=O)c1ccn[nH]1. The molecule has 7 nitrogen and oxygen atoms in total. The van der Waals surface area contributed by atoms with Crippen molar-refractivity contribution >= 4 is 11.9 Å². The molecule has 1 amide bonds. The minimum Gasteiger partial charge on any atom is -0.469 e. The smallest absolute Gasteiger partial charge is 0.341 e. The molecule has 2 heterocycles. The van der Waals surface area contributed by atoms with Crippen molar-refractivity contribution in [3.05, 3.63) is 41.6 Å². The summed E-state index contributed by atoms with van der Waals surface area (Å²) in [6.07, 6.45) is 2.91. The molecule has 0 aliphatic heterocycles. The van der Waals surface area contributed by atoms with Crippen LogP contribution in [0.1, 0.15) is 26.6 Å². The largest absolute Gasteiger partial charge is 0.469 e. The molecule has 0 aromatic carbocycles. The van der Waals surface area contributed by atoms with Gasteiger partial charge < -0.3 is 14.5 Å². The van der Waals surface area contributed by atoms with Gasteiger partial charge in [0.05, 0.1) is 12.8 Å². The number of esters is 1. The summed E-state index contributed by atoms with van der Waals surface area (Å²) < 4.78 is 9.99. The van der Waals surface area contributed by atoms with Crippen LogP contribution in [0.4, 0.5) is 0 Å². The highest BCUT2D eigenvalue weighted by Gasteiger charge is 2.12.